The van der Waals surface area contributed by atoms with E-state index in [0.29, 0.717) is 23.0 Å². The second-order valence-corrected chi connectivity index (χ2v) is 7.30. The van der Waals surface area contributed by atoms with E-state index in [4.69, 9.17) is 5.11 Å². The van der Waals surface area contributed by atoms with Crippen LogP contribution in [-0.2, 0) is 0 Å². The molecule has 0 spiro atoms. The topological polar surface area (TPSA) is 78.4 Å². The summed E-state index contributed by atoms with van der Waals surface area (Å²) in [6.07, 6.45) is 0. The molecule has 2 amide bonds. The van der Waals surface area contributed by atoms with Crippen LogP contribution in [0.15, 0.2) is 18.2 Å². The van der Waals surface area contributed by atoms with Gasteiger partial charge in [-0.1, -0.05) is 6.07 Å². The molecule has 5 nitrogen and oxygen atoms in total. The Bertz CT molecular complexity index is 531. The molecule has 21 heavy (non-hydrogen) atoms. The van der Waals surface area contributed by atoms with E-state index in [0.717, 1.165) is 11.5 Å². The number of carbonyl (C=O) groups is 2. The Hall–Kier alpha value is -1.34. The molecule has 1 aliphatic rings. The van der Waals surface area contributed by atoms with Gasteiger partial charge in [0.25, 0.3) is 0 Å². The highest BCUT2D eigenvalue weighted by atomic mass is 32.2. The molecule has 7 heteroatoms. The number of aryl methyl sites for hydroxylation is 1. The molecule has 0 bridgehead atoms. The van der Waals surface area contributed by atoms with E-state index in [1.54, 1.807) is 19.1 Å². The summed E-state index contributed by atoms with van der Waals surface area (Å²) in [6.45, 7) is 2.35. The number of hydrogen-bond acceptors (Lipinski definition) is 4. The first-order valence-corrected chi connectivity index (χ1v) is 8.85. The van der Waals surface area contributed by atoms with Crippen molar-refractivity contribution in [3.8, 4) is 0 Å². The molecule has 1 saturated heterocycles. The third-order valence-electron chi connectivity index (χ3n) is 3.10. The lowest BCUT2D eigenvalue weighted by atomic mass is 10.1. The summed E-state index contributed by atoms with van der Waals surface area (Å²) < 4.78 is 0. The quantitative estimate of drug-likeness (QED) is 0.793. The van der Waals surface area contributed by atoms with E-state index in [9.17, 15) is 9.59 Å². The number of aromatic carboxylic acids is 1. The van der Waals surface area contributed by atoms with Gasteiger partial charge in [0.05, 0.1) is 5.56 Å². The molecule has 0 saturated carbocycles. The Balaban J connectivity index is 1.87. The van der Waals surface area contributed by atoms with E-state index in [-0.39, 0.29) is 11.6 Å². The van der Waals surface area contributed by atoms with Gasteiger partial charge in [0.2, 0.25) is 0 Å². The van der Waals surface area contributed by atoms with E-state index in [2.05, 4.69) is 10.6 Å². The van der Waals surface area contributed by atoms with Crippen molar-refractivity contribution >= 4 is 41.2 Å². The van der Waals surface area contributed by atoms with Crippen LogP contribution in [0.1, 0.15) is 15.9 Å². The number of carbonyl (C=O) groups excluding carboxylic acids is 1. The number of carboxylic acids is 1. The van der Waals surface area contributed by atoms with Crippen LogP contribution in [0.4, 0.5) is 10.5 Å². The molecule has 0 aliphatic carbocycles. The summed E-state index contributed by atoms with van der Waals surface area (Å²) in [4.78, 5) is 22.9. The highest BCUT2D eigenvalue weighted by Crippen LogP contribution is 2.23. The molecule has 1 aliphatic heterocycles. The average Bonchev–Trinajstić information content (AvgIpc) is 2.48. The number of rotatable bonds is 4. The molecule has 1 atom stereocenters. The zero-order chi connectivity index (χ0) is 15.2. The Morgan fingerprint density at radius 2 is 2.19 bits per heavy atom. The third-order valence-corrected chi connectivity index (χ3v) is 5.95. The molecular weight excluding hydrogens is 308 g/mol. The largest absolute Gasteiger partial charge is 0.478 e. The van der Waals surface area contributed by atoms with Gasteiger partial charge >= 0.3 is 12.0 Å². The van der Waals surface area contributed by atoms with Gasteiger partial charge < -0.3 is 15.7 Å². The first kappa shape index (κ1) is 16.0. The lowest BCUT2D eigenvalue weighted by Crippen LogP contribution is -2.36. The first-order valence-electron chi connectivity index (χ1n) is 6.64. The molecule has 1 heterocycles. The van der Waals surface area contributed by atoms with Gasteiger partial charge in [-0.05, 0) is 24.6 Å². The molecule has 3 N–H and O–H groups in total. The predicted molar refractivity (Wildman–Crippen MR) is 88.7 cm³/mol. The van der Waals surface area contributed by atoms with Crippen molar-refractivity contribution in [2.75, 3.05) is 29.1 Å². The first-order chi connectivity index (χ1) is 10.1. The van der Waals surface area contributed by atoms with Crippen LogP contribution < -0.4 is 10.6 Å². The average molecular weight is 326 g/mol. The minimum Gasteiger partial charge on any atom is -0.478 e. The number of amides is 2. The lowest BCUT2D eigenvalue weighted by molar-refractivity contribution is 0.0696. The fourth-order valence-electron chi connectivity index (χ4n) is 1.97. The molecule has 1 unspecified atom stereocenters. The second kappa shape index (κ2) is 7.61. The Kier molecular flexibility index (Phi) is 5.81. The summed E-state index contributed by atoms with van der Waals surface area (Å²) in [5, 5.41) is 15.0. The summed E-state index contributed by atoms with van der Waals surface area (Å²) in [5.74, 6) is 2.36. The standard InChI is InChI=1S/C14H18N2O3S2/c1-9-2-3-10(6-12(9)13(17)18)16-14(19)15-7-11-8-20-4-5-21-11/h2-3,6,11H,4-5,7-8H2,1H3,(H,17,18)(H2,15,16,19). The van der Waals surface area contributed by atoms with Gasteiger partial charge in [-0.3, -0.25) is 0 Å². The van der Waals surface area contributed by atoms with Crippen molar-refractivity contribution in [2.24, 2.45) is 0 Å². The predicted octanol–water partition coefficient (Wildman–Crippen LogP) is 2.66. The van der Waals surface area contributed by atoms with Crippen LogP contribution in [0.5, 0.6) is 0 Å². The van der Waals surface area contributed by atoms with Crippen molar-refractivity contribution in [1.82, 2.24) is 5.32 Å². The molecule has 1 aromatic rings. The number of urea groups is 1. The summed E-state index contributed by atoms with van der Waals surface area (Å²) in [7, 11) is 0. The van der Waals surface area contributed by atoms with Crippen LogP contribution in [0.2, 0.25) is 0 Å². The van der Waals surface area contributed by atoms with Crippen LogP contribution in [0, 0.1) is 6.92 Å². The molecule has 114 valence electrons. The van der Waals surface area contributed by atoms with Gasteiger partial charge in [0, 0.05) is 34.7 Å². The SMILES string of the molecule is Cc1ccc(NC(=O)NCC2CSCCS2)cc1C(=O)O. The van der Waals surface area contributed by atoms with E-state index >= 15 is 0 Å². The Morgan fingerprint density at radius 3 is 2.86 bits per heavy atom. The van der Waals surface area contributed by atoms with Gasteiger partial charge in [0.1, 0.15) is 0 Å². The number of nitrogens with one attached hydrogen (secondary N) is 2. The van der Waals surface area contributed by atoms with E-state index in [1.165, 1.54) is 11.8 Å². The Labute approximate surface area is 132 Å². The van der Waals surface area contributed by atoms with Crippen molar-refractivity contribution < 1.29 is 14.7 Å². The van der Waals surface area contributed by atoms with Crippen molar-refractivity contribution in [3.63, 3.8) is 0 Å². The lowest BCUT2D eigenvalue weighted by Gasteiger charge is -2.21. The minimum atomic E-state index is -0.993. The molecule has 0 aromatic heterocycles. The zero-order valence-corrected chi connectivity index (χ0v) is 13.4. The van der Waals surface area contributed by atoms with Gasteiger partial charge in [-0.15, -0.1) is 0 Å². The van der Waals surface area contributed by atoms with Gasteiger partial charge in [-0.2, -0.15) is 23.5 Å². The summed E-state index contributed by atoms with van der Waals surface area (Å²) in [5.41, 5.74) is 1.36. The number of benzene rings is 1. The highest BCUT2D eigenvalue weighted by molar-refractivity contribution is 8.06. The van der Waals surface area contributed by atoms with Crippen LogP contribution in [0.25, 0.3) is 0 Å². The molecule has 2 rings (SSSR count). The van der Waals surface area contributed by atoms with Crippen molar-refractivity contribution in [3.05, 3.63) is 29.3 Å². The molecular formula is C14H18N2O3S2. The monoisotopic (exact) mass is 326 g/mol. The summed E-state index contributed by atoms with van der Waals surface area (Å²) >= 11 is 3.79. The van der Waals surface area contributed by atoms with Crippen LogP contribution in [0.3, 0.4) is 0 Å². The zero-order valence-electron chi connectivity index (χ0n) is 11.7. The fraction of sp³-hybridized carbons (Fsp3) is 0.429. The van der Waals surface area contributed by atoms with Crippen LogP contribution in [-0.4, -0.2) is 46.2 Å². The maximum atomic E-state index is 11.8. The van der Waals surface area contributed by atoms with Crippen LogP contribution >= 0.6 is 23.5 Å². The van der Waals surface area contributed by atoms with E-state index in [1.807, 2.05) is 23.5 Å². The smallest absolute Gasteiger partial charge is 0.336 e. The number of anilines is 1. The summed E-state index contributed by atoms with van der Waals surface area (Å²) in [6, 6.07) is 4.56. The normalized spacial score (nSPS) is 18.0. The van der Waals surface area contributed by atoms with Gasteiger partial charge in [-0.25, -0.2) is 9.59 Å². The second-order valence-electron chi connectivity index (χ2n) is 4.74. The molecule has 0 radical (unpaired) electrons. The maximum Gasteiger partial charge on any atom is 0.336 e. The fourth-order valence-corrected chi connectivity index (χ4v) is 4.58. The highest BCUT2D eigenvalue weighted by Gasteiger charge is 2.15. The van der Waals surface area contributed by atoms with E-state index < -0.39 is 5.97 Å². The number of carboxylic acid groups (broad SMARTS) is 1. The van der Waals surface area contributed by atoms with Gasteiger partial charge in [0.15, 0.2) is 0 Å². The molecule has 1 fully saturated rings. The van der Waals surface area contributed by atoms with Crippen molar-refractivity contribution in [1.29, 1.82) is 0 Å². The van der Waals surface area contributed by atoms with Crippen molar-refractivity contribution in [2.45, 2.75) is 12.2 Å². The number of thioether (sulfide) groups is 2. The maximum absolute atomic E-state index is 11.8. The Morgan fingerprint density at radius 1 is 1.38 bits per heavy atom. The minimum absolute atomic E-state index is 0.201. The third kappa shape index (κ3) is 4.86. The number of hydrogen-bond donors (Lipinski definition) is 3. The molecule has 1 aromatic carbocycles.